The molecule has 1 aliphatic heterocycles. The van der Waals surface area contributed by atoms with Crippen molar-refractivity contribution in [3.05, 3.63) is 0 Å². The zero-order valence-electron chi connectivity index (χ0n) is 16.2. The standard InChI is InChI=1S/C19H34N4O.HI/c1-5-21-18(23-16-10-6-8-14(16)12-20)22-13-15-9-7-11-24-17(15)19(2,3)4;/h14-17H,5-11,13H2,1-4H3,(H2,21,22,23);1H. The summed E-state index contributed by atoms with van der Waals surface area (Å²) < 4.78 is 6.06. The highest BCUT2D eigenvalue weighted by molar-refractivity contribution is 14.0. The molecule has 144 valence electrons. The molecule has 1 saturated carbocycles. The summed E-state index contributed by atoms with van der Waals surface area (Å²) in [6, 6.07) is 2.66. The number of ether oxygens (including phenoxy) is 1. The minimum atomic E-state index is 0. The van der Waals surface area contributed by atoms with Crippen molar-refractivity contribution < 1.29 is 4.74 Å². The van der Waals surface area contributed by atoms with Crippen LogP contribution in [0.4, 0.5) is 0 Å². The van der Waals surface area contributed by atoms with Crippen LogP contribution in [0.5, 0.6) is 0 Å². The maximum absolute atomic E-state index is 9.27. The minimum Gasteiger partial charge on any atom is -0.377 e. The van der Waals surface area contributed by atoms with E-state index in [4.69, 9.17) is 9.73 Å². The molecule has 4 atom stereocenters. The van der Waals surface area contributed by atoms with Gasteiger partial charge in [-0.15, -0.1) is 24.0 Å². The summed E-state index contributed by atoms with van der Waals surface area (Å²) in [5, 5.41) is 16.1. The summed E-state index contributed by atoms with van der Waals surface area (Å²) in [5.41, 5.74) is 0.143. The topological polar surface area (TPSA) is 69.4 Å². The fourth-order valence-electron chi connectivity index (χ4n) is 3.98. The maximum atomic E-state index is 9.27. The van der Waals surface area contributed by atoms with E-state index in [1.54, 1.807) is 0 Å². The Kier molecular flexibility index (Phi) is 9.50. The normalized spacial score (nSPS) is 30.3. The van der Waals surface area contributed by atoms with E-state index in [1.165, 1.54) is 6.42 Å². The molecule has 0 aromatic heterocycles. The molecule has 0 amide bonds. The summed E-state index contributed by atoms with van der Waals surface area (Å²) in [7, 11) is 0. The lowest BCUT2D eigenvalue weighted by Gasteiger charge is -2.39. The lowest BCUT2D eigenvalue weighted by Crippen LogP contribution is -2.46. The van der Waals surface area contributed by atoms with Crippen molar-refractivity contribution >= 4 is 29.9 Å². The van der Waals surface area contributed by atoms with E-state index in [9.17, 15) is 5.26 Å². The van der Waals surface area contributed by atoms with Crippen LogP contribution < -0.4 is 10.6 Å². The van der Waals surface area contributed by atoms with Crippen LogP contribution in [0, 0.1) is 28.6 Å². The largest absolute Gasteiger partial charge is 0.377 e. The zero-order chi connectivity index (χ0) is 17.6. The molecular formula is C19H35IN4O. The molecular weight excluding hydrogens is 427 g/mol. The van der Waals surface area contributed by atoms with Gasteiger partial charge in [0.15, 0.2) is 5.96 Å². The first kappa shape index (κ1) is 22.5. The molecule has 6 heteroatoms. The SMILES string of the molecule is CCNC(=NCC1CCCOC1C(C)(C)C)NC1CCCC1C#N.I. The van der Waals surface area contributed by atoms with E-state index in [2.05, 4.69) is 44.4 Å². The Labute approximate surface area is 170 Å². The Morgan fingerprint density at radius 1 is 1.24 bits per heavy atom. The fraction of sp³-hybridized carbons (Fsp3) is 0.895. The van der Waals surface area contributed by atoms with Crippen LogP contribution in [-0.2, 0) is 4.74 Å². The van der Waals surface area contributed by atoms with Gasteiger partial charge < -0.3 is 15.4 Å². The van der Waals surface area contributed by atoms with Crippen molar-refractivity contribution in [2.75, 3.05) is 19.7 Å². The van der Waals surface area contributed by atoms with Crippen LogP contribution in [0.2, 0.25) is 0 Å². The minimum absolute atomic E-state index is 0. The summed E-state index contributed by atoms with van der Waals surface area (Å²) in [6.07, 6.45) is 5.73. The highest BCUT2D eigenvalue weighted by atomic mass is 127. The van der Waals surface area contributed by atoms with E-state index in [0.29, 0.717) is 5.92 Å². The van der Waals surface area contributed by atoms with Crippen molar-refractivity contribution in [1.82, 2.24) is 10.6 Å². The quantitative estimate of drug-likeness (QED) is 0.380. The number of nitrogens with zero attached hydrogens (tertiary/aromatic N) is 2. The first-order chi connectivity index (χ1) is 11.5. The number of guanidine groups is 1. The van der Waals surface area contributed by atoms with Crippen molar-refractivity contribution in [1.29, 1.82) is 5.26 Å². The van der Waals surface area contributed by atoms with E-state index < -0.39 is 0 Å². The third-order valence-electron chi connectivity index (χ3n) is 5.13. The second kappa shape index (κ2) is 10.6. The van der Waals surface area contributed by atoms with E-state index in [1.807, 2.05) is 0 Å². The molecule has 2 fully saturated rings. The van der Waals surface area contributed by atoms with E-state index >= 15 is 0 Å². The molecule has 4 unspecified atom stereocenters. The van der Waals surface area contributed by atoms with E-state index in [0.717, 1.165) is 51.3 Å². The van der Waals surface area contributed by atoms with Crippen molar-refractivity contribution in [3.8, 4) is 6.07 Å². The predicted octanol–water partition coefficient (Wildman–Crippen LogP) is 3.69. The summed E-state index contributed by atoms with van der Waals surface area (Å²) >= 11 is 0. The summed E-state index contributed by atoms with van der Waals surface area (Å²) in [6.45, 7) is 11.3. The third kappa shape index (κ3) is 6.59. The Hall–Kier alpha value is -0.550. The van der Waals surface area contributed by atoms with Gasteiger partial charge in [-0.05, 0) is 44.4 Å². The molecule has 1 saturated heterocycles. The smallest absolute Gasteiger partial charge is 0.191 e. The zero-order valence-corrected chi connectivity index (χ0v) is 18.5. The van der Waals surface area contributed by atoms with Crippen molar-refractivity contribution in [3.63, 3.8) is 0 Å². The fourth-order valence-corrected chi connectivity index (χ4v) is 3.98. The molecule has 1 aliphatic carbocycles. The molecule has 1 heterocycles. The van der Waals surface area contributed by atoms with Gasteiger partial charge in [0, 0.05) is 31.7 Å². The van der Waals surface area contributed by atoms with Crippen LogP contribution in [0.1, 0.15) is 59.8 Å². The molecule has 0 radical (unpaired) electrons. The molecule has 0 spiro atoms. The number of hydrogen-bond donors (Lipinski definition) is 2. The lowest BCUT2D eigenvalue weighted by atomic mass is 9.78. The van der Waals surface area contributed by atoms with Crippen LogP contribution in [0.3, 0.4) is 0 Å². The molecule has 2 rings (SSSR count). The van der Waals surface area contributed by atoms with Gasteiger partial charge in [0.25, 0.3) is 0 Å². The number of halogens is 1. The second-order valence-corrected chi connectivity index (χ2v) is 8.20. The van der Waals surface area contributed by atoms with Gasteiger partial charge in [0.05, 0.1) is 18.1 Å². The summed E-state index contributed by atoms with van der Waals surface area (Å²) in [5.74, 6) is 1.42. The van der Waals surface area contributed by atoms with Gasteiger partial charge in [-0.3, -0.25) is 4.99 Å². The Morgan fingerprint density at radius 2 is 2.00 bits per heavy atom. The third-order valence-corrected chi connectivity index (χ3v) is 5.13. The van der Waals surface area contributed by atoms with E-state index in [-0.39, 0.29) is 47.5 Å². The molecule has 0 bridgehead atoms. The number of hydrogen-bond acceptors (Lipinski definition) is 3. The number of rotatable bonds is 4. The van der Waals surface area contributed by atoms with Gasteiger partial charge in [-0.2, -0.15) is 5.26 Å². The average Bonchev–Trinajstić information content (AvgIpc) is 2.99. The first-order valence-electron chi connectivity index (χ1n) is 9.51. The molecule has 5 nitrogen and oxygen atoms in total. The molecule has 25 heavy (non-hydrogen) atoms. The Bertz CT molecular complexity index is 469. The molecule has 2 N–H and O–H groups in total. The maximum Gasteiger partial charge on any atom is 0.191 e. The van der Waals surface area contributed by atoms with Crippen molar-refractivity contribution in [2.45, 2.75) is 71.9 Å². The van der Waals surface area contributed by atoms with Crippen LogP contribution >= 0.6 is 24.0 Å². The van der Waals surface area contributed by atoms with Crippen LogP contribution in [-0.4, -0.2) is 37.8 Å². The molecule has 0 aromatic carbocycles. The van der Waals surface area contributed by atoms with Crippen LogP contribution in [0.25, 0.3) is 0 Å². The van der Waals surface area contributed by atoms with Gasteiger partial charge >= 0.3 is 0 Å². The van der Waals surface area contributed by atoms with Crippen LogP contribution in [0.15, 0.2) is 4.99 Å². The number of nitrogens with one attached hydrogen (secondary N) is 2. The highest BCUT2D eigenvalue weighted by Crippen LogP contribution is 2.34. The second-order valence-electron chi connectivity index (χ2n) is 8.20. The monoisotopic (exact) mass is 462 g/mol. The van der Waals surface area contributed by atoms with Gasteiger partial charge in [0.2, 0.25) is 0 Å². The highest BCUT2D eigenvalue weighted by Gasteiger charge is 2.35. The predicted molar refractivity (Wildman–Crippen MR) is 113 cm³/mol. The van der Waals surface area contributed by atoms with Gasteiger partial charge in [-0.1, -0.05) is 20.8 Å². The number of nitriles is 1. The van der Waals surface area contributed by atoms with Gasteiger partial charge in [0.1, 0.15) is 0 Å². The van der Waals surface area contributed by atoms with Crippen molar-refractivity contribution in [2.24, 2.45) is 22.2 Å². The molecule has 2 aliphatic rings. The summed E-state index contributed by atoms with van der Waals surface area (Å²) in [4.78, 5) is 4.84. The first-order valence-corrected chi connectivity index (χ1v) is 9.51. The molecule has 0 aromatic rings. The van der Waals surface area contributed by atoms with Gasteiger partial charge in [-0.25, -0.2) is 0 Å². The Balaban J connectivity index is 0.00000312. The number of aliphatic imine (C=N–C) groups is 1. The average molecular weight is 462 g/mol. The lowest BCUT2D eigenvalue weighted by molar-refractivity contribution is -0.0823. The Morgan fingerprint density at radius 3 is 2.64 bits per heavy atom.